The highest BCUT2D eigenvalue weighted by Gasteiger charge is 2.24. The lowest BCUT2D eigenvalue weighted by molar-refractivity contribution is -0.116. The first-order valence-corrected chi connectivity index (χ1v) is 11.4. The van der Waals surface area contributed by atoms with E-state index in [-0.39, 0.29) is 5.91 Å². The van der Waals surface area contributed by atoms with E-state index in [0.29, 0.717) is 17.0 Å². The van der Waals surface area contributed by atoms with Gasteiger partial charge in [0.2, 0.25) is 5.91 Å². The third kappa shape index (κ3) is 4.82. The van der Waals surface area contributed by atoms with Crippen molar-refractivity contribution >= 4 is 28.3 Å². The van der Waals surface area contributed by atoms with Gasteiger partial charge in [0.1, 0.15) is 0 Å². The van der Waals surface area contributed by atoms with Gasteiger partial charge in [-0.1, -0.05) is 109 Å². The van der Waals surface area contributed by atoms with Crippen molar-refractivity contribution in [3.8, 4) is 5.75 Å². The number of nitrogens with one attached hydrogen (secondary N) is 1. The highest BCUT2D eigenvalue weighted by molar-refractivity contribution is 6.06. The third-order valence-corrected chi connectivity index (χ3v) is 5.89. The maximum atomic E-state index is 13.5. The Morgan fingerprint density at radius 2 is 1.17 bits per heavy atom. The Bertz CT molecular complexity index is 1430. The molecular formula is C31H23NO3. The minimum absolute atomic E-state index is 0.212. The lowest BCUT2D eigenvalue weighted by Gasteiger charge is -2.19. The Morgan fingerprint density at radius 1 is 0.600 bits per heavy atom. The van der Waals surface area contributed by atoms with Crippen LogP contribution in [0, 0.1) is 0 Å². The lowest BCUT2D eigenvalue weighted by atomic mass is 9.90. The van der Waals surface area contributed by atoms with Crippen molar-refractivity contribution in [3.05, 3.63) is 144 Å². The molecule has 1 amide bonds. The summed E-state index contributed by atoms with van der Waals surface area (Å²) in [4.78, 5) is 26.7. The predicted octanol–water partition coefficient (Wildman–Crippen LogP) is 6.83. The SMILES string of the molecule is O=C(Oc1ccccc1NC(=O)C(c1ccccc1)c1ccccc1)c1cccc2ccccc12. The fraction of sp³-hybridized carbons (Fsp3) is 0.0323. The Balaban J connectivity index is 1.44. The molecule has 5 aromatic rings. The summed E-state index contributed by atoms with van der Waals surface area (Å²) in [6.45, 7) is 0. The van der Waals surface area contributed by atoms with Crippen molar-refractivity contribution in [2.45, 2.75) is 5.92 Å². The zero-order valence-electron chi connectivity index (χ0n) is 18.9. The molecule has 0 aliphatic carbocycles. The van der Waals surface area contributed by atoms with Gasteiger partial charge in [0.05, 0.1) is 17.2 Å². The van der Waals surface area contributed by atoms with Crippen LogP contribution in [0.3, 0.4) is 0 Å². The molecule has 0 aliphatic heterocycles. The van der Waals surface area contributed by atoms with Gasteiger partial charge in [0.15, 0.2) is 5.75 Å². The van der Waals surface area contributed by atoms with E-state index in [2.05, 4.69) is 5.32 Å². The number of rotatable bonds is 6. The van der Waals surface area contributed by atoms with Crippen molar-refractivity contribution < 1.29 is 14.3 Å². The number of carbonyl (C=O) groups excluding carboxylic acids is 2. The van der Waals surface area contributed by atoms with Gasteiger partial charge >= 0.3 is 5.97 Å². The molecule has 0 saturated carbocycles. The quantitative estimate of drug-likeness (QED) is 0.225. The number of ether oxygens (including phenoxy) is 1. The molecule has 4 heteroatoms. The van der Waals surface area contributed by atoms with Crippen LogP contribution in [-0.2, 0) is 4.79 Å². The van der Waals surface area contributed by atoms with Crippen LogP contribution < -0.4 is 10.1 Å². The van der Waals surface area contributed by atoms with Crippen LogP contribution in [0.2, 0.25) is 0 Å². The number of carbonyl (C=O) groups is 2. The van der Waals surface area contributed by atoms with Crippen LogP contribution in [0.25, 0.3) is 10.8 Å². The monoisotopic (exact) mass is 457 g/mol. The number of hydrogen-bond donors (Lipinski definition) is 1. The van der Waals surface area contributed by atoms with Crippen molar-refractivity contribution in [3.63, 3.8) is 0 Å². The van der Waals surface area contributed by atoms with Crippen LogP contribution in [0.15, 0.2) is 127 Å². The number of amides is 1. The Labute approximate surface area is 203 Å². The Morgan fingerprint density at radius 3 is 1.89 bits per heavy atom. The van der Waals surface area contributed by atoms with Crippen LogP contribution in [0.5, 0.6) is 5.75 Å². The second-order valence-electron chi connectivity index (χ2n) is 8.16. The molecule has 0 aliphatic rings. The van der Waals surface area contributed by atoms with Crippen LogP contribution in [0.1, 0.15) is 27.4 Å². The number of benzene rings is 5. The number of para-hydroxylation sites is 2. The van der Waals surface area contributed by atoms with Crippen LogP contribution >= 0.6 is 0 Å². The van der Waals surface area contributed by atoms with E-state index in [0.717, 1.165) is 21.9 Å². The molecule has 0 unspecified atom stereocenters. The largest absolute Gasteiger partial charge is 0.421 e. The average molecular weight is 458 g/mol. The minimum Gasteiger partial charge on any atom is -0.421 e. The van der Waals surface area contributed by atoms with E-state index in [1.54, 1.807) is 30.3 Å². The molecule has 0 radical (unpaired) electrons. The summed E-state index contributed by atoms with van der Waals surface area (Å²) in [5.74, 6) is -0.917. The average Bonchev–Trinajstić information content (AvgIpc) is 2.91. The standard InChI is InChI=1S/C31H23NO3/c33-30(29(23-13-3-1-4-14-23)24-15-5-2-6-16-24)32-27-20-9-10-21-28(27)35-31(34)26-19-11-17-22-12-7-8-18-25(22)26/h1-21,29H,(H,32,33). The number of anilines is 1. The molecule has 1 N–H and O–H groups in total. The maximum Gasteiger partial charge on any atom is 0.344 e. The zero-order valence-corrected chi connectivity index (χ0v) is 18.9. The lowest BCUT2D eigenvalue weighted by Crippen LogP contribution is -2.23. The van der Waals surface area contributed by atoms with Crippen molar-refractivity contribution in [2.24, 2.45) is 0 Å². The van der Waals surface area contributed by atoms with E-state index in [1.165, 1.54) is 0 Å². The first kappa shape index (κ1) is 22.1. The number of hydrogen-bond acceptors (Lipinski definition) is 3. The molecule has 170 valence electrons. The summed E-state index contributed by atoms with van der Waals surface area (Å²) >= 11 is 0. The minimum atomic E-state index is -0.515. The van der Waals surface area contributed by atoms with Gasteiger partial charge < -0.3 is 10.1 Å². The second-order valence-corrected chi connectivity index (χ2v) is 8.16. The first-order chi connectivity index (χ1) is 17.2. The molecule has 5 aromatic carbocycles. The molecule has 0 spiro atoms. The molecule has 0 saturated heterocycles. The molecule has 0 atom stereocenters. The van der Waals surface area contributed by atoms with Crippen molar-refractivity contribution in [1.82, 2.24) is 0 Å². The fourth-order valence-electron chi connectivity index (χ4n) is 4.21. The molecule has 4 nitrogen and oxygen atoms in total. The van der Waals surface area contributed by atoms with Crippen LogP contribution in [-0.4, -0.2) is 11.9 Å². The van der Waals surface area contributed by atoms with Gasteiger partial charge in [-0.05, 0) is 40.1 Å². The van der Waals surface area contributed by atoms with Gasteiger partial charge in [0.25, 0.3) is 0 Å². The van der Waals surface area contributed by atoms with E-state index < -0.39 is 11.9 Å². The maximum absolute atomic E-state index is 13.5. The molecule has 0 aromatic heterocycles. The predicted molar refractivity (Wildman–Crippen MR) is 139 cm³/mol. The zero-order chi connectivity index (χ0) is 24.0. The topological polar surface area (TPSA) is 55.4 Å². The molecule has 0 bridgehead atoms. The third-order valence-electron chi connectivity index (χ3n) is 5.89. The molecule has 0 fully saturated rings. The molecule has 35 heavy (non-hydrogen) atoms. The van der Waals surface area contributed by atoms with Crippen LogP contribution in [0.4, 0.5) is 5.69 Å². The van der Waals surface area contributed by atoms with Gasteiger partial charge in [-0.25, -0.2) is 4.79 Å². The summed E-state index contributed by atoms with van der Waals surface area (Å²) < 4.78 is 5.78. The molecule has 5 rings (SSSR count). The summed E-state index contributed by atoms with van der Waals surface area (Å²) in [5, 5.41) is 4.76. The van der Waals surface area contributed by atoms with Crippen molar-refractivity contribution in [2.75, 3.05) is 5.32 Å². The summed E-state index contributed by atoms with van der Waals surface area (Å²) in [6, 6.07) is 39.4. The van der Waals surface area contributed by atoms with E-state index in [9.17, 15) is 9.59 Å². The highest BCUT2D eigenvalue weighted by atomic mass is 16.5. The number of esters is 1. The Kier molecular flexibility index (Phi) is 6.35. The van der Waals surface area contributed by atoms with Gasteiger partial charge in [-0.2, -0.15) is 0 Å². The summed E-state index contributed by atoms with van der Waals surface area (Å²) in [6.07, 6.45) is 0. The highest BCUT2D eigenvalue weighted by Crippen LogP contribution is 2.30. The van der Waals surface area contributed by atoms with Gasteiger partial charge in [-0.15, -0.1) is 0 Å². The molecular weight excluding hydrogens is 434 g/mol. The summed E-state index contributed by atoms with van der Waals surface area (Å²) in [5.41, 5.74) is 2.65. The first-order valence-electron chi connectivity index (χ1n) is 11.4. The normalized spacial score (nSPS) is 10.8. The summed E-state index contributed by atoms with van der Waals surface area (Å²) in [7, 11) is 0. The van der Waals surface area contributed by atoms with Gasteiger partial charge in [-0.3, -0.25) is 4.79 Å². The smallest absolute Gasteiger partial charge is 0.344 e. The Hall–Kier alpha value is -4.70. The van der Waals surface area contributed by atoms with E-state index >= 15 is 0 Å². The van der Waals surface area contributed by atoms with E-state index in [4.69, 9.17) is 4.74 Å². The van der Waals surface area contributed by atoms with Gasteiger partial charge in [0, 0.05) is 0 Å². The second kappa shape index (κ2) is 10.1. The van der Waals surface area contributed by atoms with Crippen molar-refractivity contribution in [1.29, 1.82) is 0 Å². The number of fused-ring (bicyclic) bond motifs is 1. The fourth-order valence-corrected chi connectivity index (χ4v) is 4.21. The van der Waals surface area contributed by atoms with E-state index in [1.807, 2.05) is 97.1 Å². The molecule has 0 heterocycles.